The van der Waals surface area contributed by atoms with Gasteiger partial charge in [0.25, 0.3) is 0 Å². The first-order chi connectivity index (χ1) is 10.2. The fourth-order valence-electron chi connectivity index (χ4n) is 2.47. The summed E-state index contributed by atoms with van der Waals surface area (Å²) in [6, 6.07) is 2.03. The maximum absolute atomic E-state index is 13.3. The molecular weight excluding hydrogens is 443 g/mol. The first-order valence-electron chi connectivity index (χ1n) is 6.63. The lowest BCUT2D eigenvalue weighted by molar-refractivity contribution is -0.119. The summed E-state index contributed by atoms with van der Waals surface area (Å²) in [6.45, 7) is 1.98. The van der Waals surface area contributed by atoms with Crippen molar-refractivity contribution in [2.24, 2.45) is 0 Å². The van der Waals surface area contributed by atoms with Crippen molar-refractivity contribution in [2.75, 3.05) is 13.1 Å². The molecule has 9 heteroatoms. The van der Waals surface area contributed by atoms with Gasteiger partial charge in [0, 0.05) is 35.0 Å². The van der Waals surface area contributed by atoms with Crippen molar-refractivity contribution < 1.29 is 17.6 Å². The Kier molecular flexibility index (Phi) is 5.63. The summed E-state index contributed by atoms with van der Waals surface area (Å²) in [7, 11) is -3.79. The van der Waals surface area contributed by atoms with Gasteiger partial charge in [-0.05, 0) is 56.8 Å². The van der Waals surface area contributed by atoms with E-state index in [0.717, 1.165) is 18.6 Å². The minimum atomic E-state index is -3.79. The summed E-state index contributed by atoms with van der Waals surface area (Å²) in [5.74, 6) is -0.721. The second-order valence-electron chi connectivity index (χ2n) is 5.10. The molecule has 1 saturated heterocycles. The number of halogens is 3. The van der Waals surface area contributed by atoms with Crippen LogP contribution in [0.15, 0.2) is 26.0 Å². The molecule has 1 fully saturated rings. The summed E-state index contributed by atoms with van der Waals surface area (Å²) < 4.78 is 40.6. The largest absolute Gasteiger partial charge is 0.352 e. The van der Waals surface area contributed by atoms with Crippen LogP contribution >= 0.6 is 31.9 Å². The van der Waals surface area contributed by atoms with Crippen LogP contribution in [0, 0.1) is 5.82 Å². The highest BCUT2D eigenvalue weighted by molar-refractivity contribution is 9.11. The number of carbonyl (C=O) groups is 1. The number of nitrogens with zero attached hydrogens (tertiary/aromatic N) is 1. The molecule has 0 bridgehead atoms. The number of hydrogen-bond donors (Lipinski definition) is 1. The van der Waals surface area contributed by atoms with E-state index in [1.54, 1.807) is 0 Å². The summed E-state index contributed by atoms with van der Waals surface area (Å²) in [5, 5.41) is 2.75. The SMILES string of the molecule is CC(=O)NC1CCCN(S(=O)(=O)c2c(Br)cc(F)cc2Br)C1. The van der Waals surface area contributed by atoms with Crippen LogP contribution in [0.25, 0.3) is 0 Å². The molecule has 0 aromatic heterocycles. The number of benzene rings is 1. The summed E-state index contributed by atoms with van der Waals surface area (Å²) in [4.78, 5) is 11.1. The van der Waals surface area contributed by atoms with Gasteiger partial charge in [-0.15, -0.1) is 0 Å². The summed E-state index contributed by atoms with van der Waals surface area (Å²) in [5.41, 5.74) is 0. The quantitative estimate of drug-likeness (QED) is 0.758. The zero-order valence-corrected chi connectivity index (χ0v) is 15.8. The Balaban J connectivity index is 2.32. The lowest BCUT2D eigenvalue weighted by Gasteiger charge is -2.32. The Bertz CT molecular complexity index is 674. The fourth-order valence-corrected chi connectivity index (χ4v) is 6.44. The molecule has 5 nitrogen and oxygen atoms in total. The number of sulfonamides is 1. The molecule has 1 aromatic carbocycles. The van der Waals surface area contributed by atoms with E-state index in [0.29, 0.717) is 13.0 Å². The van der Waals surface area contributed by atoms with Crippen LogP contribution in [-0.2, 0) is 14.8 Å². The third-order valence-corrected chi connectivity index (χ3v) is 7.10. The van der Waals surface area contributed by atoms with Crippen LogP contribution < -0.4 is 5.32 Å². The molecule has 1 aliphatic heterocycles. The zero-order valence-electron chi connectivity index (χ0n) is 11.8. The van der Waals surface area contributed by atoms with E-state index in [1.807, 2.05) is 0 Å². The highest BCUT2D eigenvalue weighted by atomic mass is 79.9. The summed E-state index contributed by atoms with van der Waals surface area (Å²) >= 11 is 6.22. The Morgan fingerprint density at radius 3 is 2.50 bits per heavy atom. The predicted octanol–water partition coefficient (Wildman–Crippen LogP) is 2.64. The van der Waals surface area contributed by atoms with Gasteiger partial charge >= 0.3 is 0 Å². The van der Waals surface area contributed by atoms with Crippen molar-refractivity contribution in [3.63, 3.8) is 0 Å². The molecule has 1 N–H and O–H groups in total. The fraction of sp³-hybridized carbons (Fsp3) is 0.462. The Hall–Kier alpha value is -0.510. The third kappa shape index (κ3) is 3.87. The Labute approximate surface area is 145 Å². The van der Waals surface area contributed by atoms with Crippen LogP contribution in [-0.4, -0.2) is 37.8 Å². The van der Waals surface area contributed by atoms with Gasteiger partial charge in [-0.25, -0.2) is 12.8 Å². The highest BCUT2D eigenvalue weighted by Crippen LogP contribution is 2.34. The number of carbonyl (C=O) groups excluding carboxylic acids is 1. The van der Waals surface area contributed by atoms with Gasteiger partial charge in [0.15, 0.2) is 0 Å². The number of amides is 1. The van der Waals surface area contributed by atoms with Crippen LogP contribution in [0.3, 0.4) is 0 Å². The molecule has 1 heterocycles. The van der Waals surface area contributed by atoms with E-state index in [-0.39, 0.29) is 32.3 Å². The smallest absolute Gasteiger partial charge is 0.245 e. The lowest BCUT2D eigenvalue weighted by atomic mass is 10.1. The van der Waals surface area contributed by atoms with E-state index < -0.39 is 15.8 Å². The molecule has 0 saturated carbocycles. The molecule has 22 heavy (non-hydrogen) atoms. The predicted molar refractivity (Wildman–Crippen MR) is 87.4 cm³/mol. The molecule has 0 radical (unpaired) electrons. The van der Waals surface area contributed by atoms with Crippen molar-refractivity contribution in [1.82, 2.24) is 9.62 Å². The summed E-state index contributed by atoms with van der Waals surface area (Å²) in [6.07, 6.45) is 1.39. The maximum Gasteiger partial charge on any atom is 0.245 e. The number of nitrogens with one attached hydrogen (secondary N) is 1. The van der Waals surface area contributed by atoms with Gasteiger partial charge in [-0.3, -0.25) is 4.79 Å². The molecule has 0 aliphatic carbocycles. The molecular formula is C13H15Br2FN2O3S. The van der Waals surface area contributed by atoms with Gasteiger partial charge in [-0.2, -0.15) is 4.31 Å². The molecule has 1 amide bonds. The Morgan fingerprint density at radius 1 is 1.36 bits per heavy atom. The van der Waals surface area contributed by atoms with Crippen molar-refractivity contribution in [3.05, 3.63) is 26.9 Å². The van der Waals surface area contributed by atoms with Gasteiger partial charge in [0.2, 0.25) is 15.9 Å². The third-order valence-electron chi connectivity index (χ3n) is 3.35. The van der Waals surface area contributed by atoms with Crippen molar-refractivity contribution in [3.8, 4) is 0 Å². The van der Waals surface area contributed by atoms with Crippen LogP contribution in [0.4, 0.5) is 4.39 Å². The lowest BCUT2D eigenvalue weighted by Crippen LogP contribution is -2.49. The standard InChI is InChI=1S/C13H15Br2FN2O3S/c1-8(19)17-10-3-2-4-18(7-10)22(20,21)13-11(14)5-9(16)6-12(13)15/h5-6,10H,2-4,7H2,1H3,(H,17,19). The maximum atomic E-state index is 13.3. The normalized spacial score (nSPS) is 19.9. The first kappa shape index (κ1) is 17.8. The van der Waals surface area contributed by atoms with E-state index in [2.05, 4.69) is 37.2 Å². The van der Waals surface area contributed by atoms with Crippen LogP contribution in [0.2, 0.25) is 0 Å². The first-order valence-corrected chi connectivity index (χ1v) is 9.66. The van der Waals surface area contributed by atoms with E-state index in [1.165, 1.54) is 11.2 Å². The van der Waals surface area contributed by atoms with Gasteiger partial charge in [0.1, 0.15) is 10.7 Å². The zero-order chi connectivity index (χ0) is 16.5. The number of hydrogen-bond acceptors (Lipinski definition) is 3. The molecule has 1 unspecified atom stereocenters. The number of rotatable bonds is 3. The Morgan fingerprint density at radius 2 is 1.95 bits per heavy atom. The molecule has 1 atom stereocenters. The second kappa shape index (κ2) is 6.94. The molecule has 1 aromatic rings. The van der Waals surface area contributed by atoms with Crippen LogP contribution in [0.1, 0.15) is 19.8 Å². The molecule has 1 aliphatic rings. The molecule has 2 rings (SSSR count). The van der Waals surface area contributed by atoms with E-state index in [4.69, 9.17) is 0 Å². The van der Waals surface area contributed by atoms with E-state index >= 15 is 0 Å². The van der Waals surface area contributed by atoms with Crippen molar-refractivity contribution in [2.45, 2.75) is 30.7 Å². The minimum absolute atomic E-state index is 0.00243. The monoisotopic (exact) mass is 456 g/mol. The van der Waals surface area contributed by atoms with E-state index in [9.17, 15) is 17.6 Å². The average molecular weight is 458 g/mol. The topological polar surface area (TPSA) is 66.5 Å². The van der Waals surface area contributed by atoms with Crippen molar-refractivity contribution >= 4 is 47.8 Å². The van der Waals surface area contributed by atoms with Gasteiger partial charge in [0.05, 0.1) is 0 Å². The molecule has 122 valence electrons. The molecule has 0 spiro atoms. The highest BCUT2D eigenvalue weighted by Gasteiger charge is 2.33. The minimum Gasteiger partial charge on any atom is -0.352 e. The van der Waals surface area contributed by atoms with Crippen molar-refractivity contribution in [1.29, 1.82) is 0 Å². The van der Waals surface area contributed by atoms with Gasteiger partial charge < -0.3 is 5.32 Å². The van der Waals surface area contributed by atoms with Crippen LogP contribution in [0.5, 0.6) is 0 Å². The number of piperidine rings is 1. The average Bonchev–Trinajstić information content (AvgIpc) is 2.36. The second-order valence-corrected chi connectivity index (χ2v) is 8.68. The van der Waals surface area contributed by atoms with Gasteiger partial charge in [-0.1, -0.05) is 0 Å².